The number of carbonyl (C=O) groups excluding carboxylic acids is 2. The lowest BCUT2D eigenvalue weighted by molar-refractivity contribution is -0.141. The molecule has 7 nitrogen and oxygen atoms in total. The molecule has 3 amide bonds. The highest BCUT2D eigenvalue weighted by atomic mass is 16.4. The van der Waals surface area contributed by atoms with Crippen LogP contribution in [0.4, 0.5) is 4.79 Å². The average molecular weight is 271 g/mol. The zero-order valence-corrected chi connectivity index (χ0v) is 11.3. The lowest BCUT2D eigenvalue weighted by atomic mass is 10.1. The van der Waals surface area contributed by atoms with E-state index in [1.807, 2.05) is 13.8 Å². The van der Waals surface area contributed by atoms with Crippen molar-refractivity contribution in [3.63, 3.8) is 0 Å². The largest absolute Gasteiger partial charge is 0.480 e. The molecular weight excluding hydrogens is 250 g/mol. The Labute approximate surface area is 112 Å². The number of amides is 3. The van der Waals surface area contributed by atoms with Crippen molar-refractivity contribution in [1.82, 2.24) is 10.2 Å². The monoisotopic (exact) mass is 271 g/mol. The normalized spacial score (nSPS) is 24.0. The van der Waals surface area contributed by atoms with E-state index in [4.69, 9.17) is 10.8 Å². The summed E-state index contributed by atoms with van der Waals surface area (Å²) in [6.45, 7) is 3.92. The van der Waals surface area contributed by atoms with Gasteiger partial charge < -0.3 is 21.1 Å². The Morgan fingerprint density at radius 1 is 1.42 bits per heavy atom. The maximum atomic E-state index is 12.1. The van der Waals surface area contributed by atoms with Crippen LogP contribution in [-0.2, 0) is 9.59 Å². The molecule has 0 saturated carbocycles. The van der Waals surface area contributed by atoms with Crippen LogP contribution in [0.1, 0.15) is 39.5 Å². The number of primary amides is 1. The fourth-order valence-corrected chi connectivity index (χ4v) is 2.46. The number of nitrogens with two attached hydrogens (primary N) is 1. The molecule has 7 heteroatoms. The van der Waals surface area contributed by atoms with Crippen molar-refractivity contribution in [2.24, 2.45) is 5.73 Å². The highest BCUT2D eigenvalue weighted by Crippen LogP contribution is 2.25. The van der Waals surface area contributed by atoms with Crippen LogP contribution in [0.2, 0.25) is 0 Å². The molecule has 0 radical (unpaired) electrons. The summed E-state index contributed by atoms with van der Waals surface area (Å²) in [5.74, 6) is -2.01. The Morgan fingerprint density at radius 3 is 2.53 bits per heavy atom. The maximum absolute atomic E-state index is 12.1. The molecule has 1 heterocycles. The predicted molar refractivity (Wildman–Crippen MR) is 68.4 cm³/mol. The van der Waals surface area contributed by atoms with Crippen LogP contribution in [0.25, 0.3) is 0 Å². The first-order valence-corrected chi connectivity index (χ1v) is 6.46. The molecule has 19 heavy (non-hydrogen) atoms. The molecule has 0 bridgehead atoms. The second-order valence-electron chi connectivity index (χ2n) is 4.91. The lowest BCUT2D eigenvalue weighted by Crippen LogP contribution is -2.52. The molecule has 1 saturated heterocycles. The maximum Gasteiger partial charge on any atom is 0.326 e. The molecule has 2 unspecified atom stereocenters. The molecule has 4 N–H and O–H groups in total. The molecule has 1 aliphatic rings. The average Bonchev–Trinajstić information content (AvgIpc) is 2.68. The van der Waals surface area contributed by atoms with Gasteiger partial charge in [0.05, 0.1) is 6.42 Å². The van der Waals surface area contributed by atoms with Gasteiger partial charge in [0.15, 0.2) is 0 Å². The van der Waals surface area contributed by atoms with E-state index in [0.717, 1.165) is 19.3 Å². The smallest absolute Gasteiger partial charge is 0.326 e. The minimum atomic E-state index is -1.27. The molecule has 1 rings (SSSR count). The van der Waals surface area contributed by atoms with Gasteiger partial charge in [-0.2, -0.15) is 0 Å². The second-order valence-corrected chi connectivity index (χ2v) is 4.91. The number of hydrogen-bond donors (Lipinski definition) is 3. The van der Waals surface area contributed by atoms with Gasteiger partial charge >= 0.3 is 12.0 Å². The molecule has 3 atom stereocenters. The van der Waals surface area contributed by atoms with E-state index in [2.05, 4.69) is 5.32 Å². The highest BCUT2D eigenvalue weighted by Gasteiger charge is 2.35. The number of hydrogen-bond acceptors (Lipinski definition) is 3. The van der Waals surface area contributed by atoms with Crippen molar-refractivity contribution in [2.45, 2.75) is 57.7 Å². The SMILES string of the molecule is CCC1CCC(C)N1C(=O)N[C@H](CC(N)=O)C(=O)O. The quantitative estimate of drug-likeness (QED) is 0.666. The van der Waals surface area contributed by atoms with Gasteiger partial charge in [-0.1, -0.05) is 6.92 Å². The summed E-state index contributed by atoms with van der Waals surface area (Å²) in [5.41, 5.74) is 4.97. The Morgan fingerprint density at radius 2 is 2.05 bits per heavy atom. The van der Waals surface area contributed by atoms with Crippen molar-refractivity contribution in [3.05, 3.63) is 0 Å². The van der Waals surface area contributed by atoms with E-state index in [1.54, 1.807) is 4.90 Å². The van der Waals surface area contributed by atoms with Crippen LogP contribution < -0.4 is 11.1 Å². The Hall–Kier alpha value is -1.79. The molecule has 0 aromatic carbocycles. The van der Waals surface area contributed by atoms with E-state index >= 15 is 0 Å². The molecule has 1 fully saturated rings. The van der Waals surface area contributed by atoms with E-state index < -0.39 is 30.4 Å². The number of carbonyl (C=O) groups is 3. The molecule has 0 aromatic heterocycles. The Kier molecular flexibility index (Phi) is 5.14. The third-order valence-corrected chi connectivity index (χ3v) is 3.49. The van der Waals surface area contributed by atoms with E-state index in [9.17, 15) is 14.4 Å². The minimum absolute atomic E-state index is 0.0768. The van der Waals surface area contributed by atoms with Crippen molar-refractivity contribution >= 4 is 17.9 Å². The number of carboxylic acid groups (broad SMARTS) is 1. The minimum Gasteiger partial charge on any atom is -0.480 e. The summed E-state index contributed by atoms with van der Waals surface area (Å²) >= 11 is 0. The van der Waals surface area contributed by atoms with Crippen LogP contribution in [0.15, 0.2) is 0 Å². The van der Waals surface area contributed by atoms with Gasteiger partial charge in [0.2, 0.25) is 5.91 Å². The number of nitrogens with zero attached hydrogens (tertiary/aromatic N) is 1. The molecule has 1 aliphatic heterocycles. The summed E-state index contributed by atoms with van der Waals surface area (Å²) in [6, 6.07) is -1.51. The molecule has 108 valence electrons. The first-order chi connectivity index (χ1) is 8.86. The van der Waals surface area contributed by atoms with Crippen LogP contribution in [0, 0.1) is 0 Å². The third-order valence-electron chi connectivity index (χ3n) is 3.49. The van der Waals surface area contributed by atoms with Gasteiger partial charge in [-0.05, 0) is 26.2 Å². The van der Waals surface area contributed by atoms with Gasteiger partial charge in [-0.15, -0.1) is 0 Å². The Balaban J connectivity index is 2.70. The van der Waals surface area contributed by atoms with Gasteiger partial charge in [-0.25, -0.2) is 9.59 Å². The Bertz CT molecular complexity index is 372. The number of aliphatic carboxylic acids is 1. The van der Waals surface area contributed by atoms with Crippen molar-refractivity contribution in [2.75, 3.05) is 0 Å². The van der Waals surface area contributed by atoms with E-state index in [1.165, 1.54) is 0 Å². The lowest BCUT2D eigenvalue weighted by Gasteiger charge is -2.29. The van der Waals surface area contributed by atoms with Crippen LogP contribution in [-0.4, -0.2) is 46.0 Å². The zero-order valence-electron chi connectivity index (χ0n) is 11.3. The van der Waals surface area contributed by atoms with Crippen LogP contribution in [0.5, 0.6) is 0 Å². The standard InChI is InChI=1S/C12H21N3O4/c1-3-8-5-4-7(2)15(8)12(19)14-9(11(17)18)6-10(13)16/h7-9H,3-6H2,1-2H3,(H2,13,16)(H,14,19)(H,17,18)/t7?,8?,9-/m1/s1. The predicted octanol–water partition coefficient (Wildman–Crippen LogP) is 0.288. The topological polar surface area (TPSA) is 113 Å². The fraction of sp³-hybridized carbons (Fsp3) is 0.750. The number of likely N-dealkylation sites (tertiary alicyclic amines) is 1. The van der Waals surface area contributed by atoms with E-state index in [0.29, 0.717) is 0 Å². The van der Waals surface area contributed by atoms with Crippen molar-refractivity contribution in [1.29, 1.82) is 0 Å². The van der Waals surface area contributed by atoms with Gasteiger partial charge in [0, 0.05) is 12.1 Å². The summed E-state index contributed by atoms with van der Waals surface area (Å²) in [6.07, 6.45) is 2.24. The summed E-state index contributed by atoms with van der Waals surface area (Å²) in [7, 11) is 0. The summed E-state index contributed by atoms with van der Waals surface area (Å²) < 4.78 is 0. The van der Waals surface area contributed by atoms with Gasteiger partial charge in [0.25, 0.3) is 0 Å². The second kappa shape index (κ2) is 6.40. The highest BCUT2D eigenvalue weighted by molar-refractivity contribution is 5.87. The summed E-state index contributed by atoms with van der Waals surface area (Å²) in [4.78, 5) is 35.6. The number of nitrogens with one attached hydrogen (secondary N) is 1. The first kappa shape index (κ1) is 15.3. The first-order valence-electron chi connectivity index (χ1n) is 6.46. The molecule has 0 aromatic rings. The molecule has 0 spiro atoms. The van der Waals surface area contributed by atoms with E-state index in [-0.39, 0.29) is 12.1 Å². The van der Waals surface area contributed by atoms with Crippen molar-refractivity contribution < 1.29 is 19.5 Å². The number of carboxylic acids is 1. The van der Waals surface area contributed by atoms with Gasteiger partial charge in [-0.3, -0.25) is 4.79 Å². The number of rotatable bonds is 5. The number of urea groups is 1. The van der Waals surface area contributed by atoms with Gasteiger partial charge in [0.1, 0.15) is 6.04 Å². The molecular formula is C12H21N3O4. The van der Waals surface area contributed by atoms with Crippen LogP contribution >= 0.6 is 0 Å². The molecule has 0 aliphatic carbocycles. The summed E-state index contributed by atoms with van der Waals surface area (Å²) in [5, 5.41) is 11.3. The van der Waals surface area contributed by atoms with Crippen molar-refractivity contribution in [3.8, 4) is 0 Å². The zero-order chi connectivity index (χ0) is 14.6. The fourth-order valence-electron chi connectivity index (χ4n) is 2.46. The van der Waals surface area contributed by atoms with Crippen LogP contribution in [0.3, 0.4) is 0 Å². The third kappa shape index (κ3) is 3.84.